The van der Waals surface area contributed by atoms with Crippen molar-refractivity contribution in [1.29, 1.82) is 0 Å². The van der Waals surface area contributed by atoms with E-state index in [-0.39, 0.29) is 22.6 Å². The number of carbonyl (C=O) groups excluding carboxylic acids is 3. The van der Waals surface area contributed by atoms with Crippen LogP contribution >= 0.6 is 15.9 Å². The molecule has 4 rings (SSSR count). The van der Waals surface area contributed by atoms with Crippen molar-refractivity contribution in [2.75, 3.05) is 5.32 Å². The molecule has 0 aliphatic carbocycles. The number of halogens is 1. The first-order valence-corrected chi connectivity index (χ1v) is 12.8. The van der Waals surface area contributed by atoms with E-state index < -0.39 is 22.7 Å². The fourth-order valence-electron chi connectivity index (χ4n) is 3.51. The van der Waals surface area contributed by atoms with E-state index in [1.807, 2.05) is 30.3 Å². The Morgan fingerprint density at radius 2 is 1.61 bits per heavy atom. The summed E-state index contributed by atoms with van der Waals surface area (Å²) in [6, 6.07) is 25.6. The highest BCUT2D eigenvalue weighted by molar-refractivity contribution is 9.10. The van der Waals surface area contributed by atoms with E-state index in [9.17, 15) is 24.5 Å². The Morgan fingerprint density at radius 3 is 2.34 bits per heavy atom. The van der Waals surface area contributed by atoms with Gasteiger partial charge in [-0.05, 0) is 54.1 Å². The number of para-hydroxylation sites is 1. The molecule has 11 heteroatoms. The van der Waals surface area contributed by atoms with E-state index in [0.717, 1.165) is 5.56 Å². The minimum atomic E-state index is -0.730. The van der Waals surface area contributed by atoms with E-state index >= 15 is 0 Å². The number of ether oxygens (including phenoxy) is 1. The second-order valence-corrected chi connectivity index (χ2v) is 9.27. The van der Waals surface area contributed by atoms with Crippen LogP contribution < -0.4 is 15.5 Å². The maximum atomic E-state index is 12.9. The third-order valence-corrected chi connectivity index (χ3v) is 6.01. The smallest absolute Gasteiger partial charge is 0.343 e. The van der Waals surface area contributed by atoms with E-state index in [0.29, 0.717) is 15.7 Å². The third kappa shape index (κ3) is 8.04. The van der Waals surface area contributed by atoms with Gasteiger partial charge in [-0.2, -0.15) is 5.10 Å². The molecule has 0 unspecified atom stereocenters. The zero-order valence-electron chi connectivity index (χ0n) is 21.2. The summed E-state index contributed by atoms with van der Waals surface area (Å²) in [5, 5.41) is 17.5. The minimum Gasteiger partial charge on any atom is -0.422 e. The Hall–Kier alpha value is -5.42. The number of amides is 2. The summed E-state index contributed by atoms with van der Waals surface area (Å²) < 4.78 is 6.12. The van der Waals surface area contributed by atoms with Crippen LogP contribution in [0.2, 0.25) is 0 Å². The van der Waals surface area contributed by atoms with Crippen LogP contribution in [0.1, 0.15) is 31.8 Å². The summed E-state index contributed by atoms with van der Waals surface area (Å²) in [6.45, 7) is 0. The standard InChI is InChI=1S/C30H21BrN4O6/c31-23-13-16-27(41-30(38)21-11-14-24(15-12-21)35(39)40)22(18-23)19-32-34-29(37)25-8-4-5-9-26(25)33-28(36)17-10-20-6-2-1-3-7-20/h1-19H,(H,33,36)(H,34,37)/b17-10+,32-19-. The number of nitro groups is 1. The first kappa shape index (κ1) is 28.6. The lowest BCUT2D eigenvalue weighted by atomic mass is 10.1. The normalized spacial score (nSPS) is 10.9. The van der Waals surface area contributed by atoms with Gasteiger partial charge >= 0.3 is 5.97 Å². The van der Waals surface area contributed by atoms with Crippen LogP contribution in [0.4, 0.5) is 11.4 Å². The predicted molar refractivity (Wildman–Crippen MR) is 158 cm³/mol. The minimum absolute atomic E-state index is 0.118. The Labute approximate surface area is 242 Å². The van der Waals surface area contributed by atoms with Crippen molar-refractivity contribution in [3.8, 4) is 5.75 Å². The molecule has 0 saturated heterocycles. The van der Waals surface area contributed by atoms with Gasteiger partial charge in [-0.3, -0.25) is 19.7 Å². The number of esters is 1. The number of hydrogen-bond acceptors (Lipinski definition) is 7. The molecule has 0 saturated carbocycles. The van der Waals surface area contributed by atoms with Crippen LogP contribution in [0.5, 0.6) is 5.75 Å². The van der Waals surface area contributed by atoms with Gasteiger partial charge < -0.3 is 10.1 Å². The molecule has 10 nitrogen and oxygen atoms in total. The average molecular weight is 613 g/mol. The molecule has 204 valence electrons. The fraction of sp³-hybridized carbons (Fsp3) is 0. The predicted octanol–water partition coefficient (Wildman–Crippen LogP) is 5.99. The molecule has 0 radical (unpaired) electrons. The van der Waals surface area contributed by atoms with Crippen LogP contribution in [0, 0.1) is 10.1 Å². The topological polar surface area (TPSA) is 140 Å². The van der Waals surface area contributed by atoms with Gasteiger partial charge in [0.15, 0.2) is 0 Å². The molecule has 0 fully saturated rings. The molecule has 4 aromatic carbocycles. The monoisotopic (exact) mass is 612 g/mol. The quantitative estimate of drug-likeness (QED) is 0.0594. The number of hydrogen-bond donors (Lipinski definition) is 2. The molecule has 0 heterocycles. The first-order chi connectivity index (χ1) is 19.8. The van der Waals surface area contributed by atoms with Crippen LogP contribution in [-0.4, -0.2) is 28.9 Å². The molecule has 0 aliphatic rings. The van der Waals surface area contributed by atoms with Crippen molar-refractivity contribution in [2.45, 2.75) is 0 Å². The maximum Gasteiger partial charge on any atom is 0.343 e. The number of nitrogens with zero attached hydrogens (tertiary/aromatic N) is 2. The van der Waals surface area contributed by atoms with Gasteiger partial charge in [-0.1, -0.05) is 58.4 Å². The molecule has 0 aromatic heterocycles. The zero-order chi connectivity index (χ0) is 29.2. The largest absolute Gasteiger partial charge is 0.422 e. The maximum absolute atomic E-state index is 12.9. The molecular weight excluding hydrogens is 592 g/mol. The van der Waals surface area contributed by atoms with Gasteiger partial charge in [0.2, 0.25) is 5.91 Å². The van der Waals surface area contributed by atoms with E-state index in [1.54, 1.807) is 36.4 Å². The molecule has 2 amide bonds. The van der Waals surface area contributed by atoms with Gasteiger partial charge in [0, 0.05) is 28.2 Å². The van der Waals surface area contributed by atoms with Crippen molar-refractivity contribution >= 4 is 57.4 Å². The zero-order valence-corrected chi connectivity index (χ0v) is 22.8. The Morgan fingerprint density at radius 1 is 0.902 bits per heavy atom. The van der Waals surface area contributed by atoms with Gasteiger partial charge in [0.25, 0.3) is 11.6 Å². The Balaban J connectivity index is 1.43. The van der Waals surface area contributed by atoms with E-state index in [1.165, 1.54) is 48.7 Å². The second-order valence-electron chi connectivity index (χ2n) is 8.35. The number of hydrazone groups is 1. The number of nitro benzene ring substituents is 1. The first-order valence-electron chi connectivity index (χ1n) is 12.0. The van der Waals surface area contributed by atoms with Crippen LogP contribution in [-0.2, 0) is 4.79 Å². The van der Waals surface area contributed by atoms with Gasteiger partial charge in [0.1, 0.15) is 5.75 Å². The molecule has 41 heavy (non-hydrogen) atoms. The van der Waals surface area contributed by atoms with Crippen LogP contribution in [0.25, 0.3) is 6.08 Å². The van der Waals surface area contributed by atoms with Crippen LogP contribution in [0.3, 0.4) is 0 Å². The van der Waals surface area contributed by atoms with Crippen molar-refractivity contribution in [3.63, 3.8) is 0 Å². The number of nitrogens with one attached hydrogen (secondary N) is 2. The van der Waals surface area contributed by atoms with E-state index in [2.05, 4.69) is 31.8 Å². The number of rotatable bonds is 9. The highest BCUT2D eigenvalue weighted by Crippen LogP contribution is 2.23. The van der Waals surface area contributed by atoms with Crippen molar-refractivity contribution in [2.24, 2.45) is 5.10 Å². The second kappa shape index (κ2) is 13.6. The number of non-ortho nitro benzene ring substituents is 1. The van der Waals surface area contributed by atoms with Crippen molar-refractivity contribution in [3.05, 3.63) is 140 Å². The van der Waals surface area contributed by atoms with Gasteiger partial charge in [-0.15, -0.1) is 0 Å². The van der Waals surface area contributed by atoms with Crippen molar-refractivity contribution in [1.82, 2.24) is 5.43 Å². The SMILES string of the molecule is O=C(/C=C/c1ccccc1)Nc1ccccc1C(=O)N/N=C\c1cc(Br)ccc1OC(=O)c1ccc([N+](=O)[O-])cc1. The summed E-state index contributed by atoms with van der Waals surface area (Å²) in [7, 11) is 0. The van der Waals surface area contributed by atoms with Crippen molar-refractivity contribution < 1.29 is 24.0 Å². The number of benzene rings is 4. The average Bonchev–Trinajstić information content (AvgIpc) is 2.98. The molecule has 0 aliphatic heterocycles. The van der Waals surface area contributed by atoms with Crippen LogP contribution in [0.15, 0.2) is 113 Å². The molecular formula is C30H21BrN4O6. The lowest BCUT2D eigenvalue weighted by Crippen LogP contribution is -2.20. The molecule has 0 atom stereocenters. The summed E-state index contributed by atoms with van der Waals surface area (Å²) >= 11 is 3.35. The molecule has 4 aromatic rings. The summed E-state index contributed by atoms with van der Waals surface area (Å²) in [5.74, 6) is -1.57. The summed E-state index contributed by atoms with van der Waals surface area (Å²) in [4.78, 5) is 48.2. The Kier molecular flexibility index (Phi) is 9.47. The lowest BCUT2D eigenvalue weighted by molar-refractivity contribution is -0.384. The van der Waals surface area contributed by atoms with E-state index in [4.69, 9.17) is 4.74 Å². The summed E-state index contributed by atoms with van der Waals surface area (Å²) in [6.07, 6.45) is 4.33. The van der Waals surface area contributed by atoms with Gasteiger partial charge in [0.05, 0.1) is 28.0 Å². The summed E-state index contributed by atoms with van der Waals surface area (Å²) in [5.41, 5.74) is 4.07. The fourth-order valence-corrected chi connectivity index (χ4v) is 3.89. The Bertz CT molecular complexity index is 1650. The molecule has 0 spiro atoms. The highest BCUT2D eigenvalue weighted by Gasteiger charge is 2.15. The molecule has 2 N–H and O–H groups in total. The molecule has 0 bridgehead atoms. The lowest BCUT2D eigenvalue weighted by Gasteiger charge is -2.09. The van der Waals surface area contributed by atoms with Gasteiger partial charge in [-0.25, -0.2) is 10.2 Å². The number of carbonyl (C=O) groups is 3. The number of anilines is 1. The highest BCUT2D eigenvalue weighted by atomic mass is 79.9. The third-order valence-electron chi connectivity index (χ3n) is 5.51.